The summed E-state index contributed by atoms with van der Waals surface area (Å²) in [5.41, 5.74) is 8.88. The van der Waals surface area contributed by atoms with Crippen LogP contribution in [0.1, 0.15) is 141 Å². The topological polar surface area (TPSA) is 0 Å². The molecule has 230 valence electrons. The Kier molecular flexibility index (Phi) is 8.43. The van der Waals surface area contributed by atoms with Gasteiger partial charge in [-0.2, -0.15) is 0 Å². The van der Waals surface area contributed by atoms with Gasteiger partial charge in [0.1, 0.15) is 0 Å². The van der Waals surface area contributed by atoms with Gasteiger partial charge in [0.15, 0.2) is 0 Å². The molecule has 10 unspecified atom stereocenters. The molecule has 0 N–H and O–H groups in total. The number of hydrogen-bond acceptors (Lipinski definition) is 0. The molecule has 4 aliphatic rings. The van der Waals surface area contributed by atoms with Gasteiger partial charge in [-0.3, -0.25) is 0 Å². The van der Waals surface area contributed by atoms with Crippen molar-refractivity contribution in [1.82, 2.24) is 0 Å². The third-order valence-corrected chi connectivity index (χ3v) is 18.2. The Balaban J connectivity index is 1.20. The van der Waals surface area contributed by atoms with Crippen LogP contribution in [0.3, 0.4) is 0 Å². The zero-order valence-electron chi connectivity index (χ0n) is 28.6. The molecule has 0 bridgehead atoms. The largest absolute Gasteiger partial charge is 0.0716 e. The molecule has 0 heterocycles. The summed E-state index contributed by atoms with van der Waals surface area (Å²) in [6, 6.07) is 19.9. The molecule has 1 heteroatoms. The zero-order valence-corrected chi connectivity index (χ0v) is 29.8. The second-order valence-electron chi connectivity index (χ2n) is 17.9. The fourth-order valence-corrected chi connectivity index (χ4v) is 17.0. The lowest BCUT2D eigenvalue weighted by atomic mass is 9.70. The first-order valence-electron chi connectivity index (χ1n) is 18.1. The van der Waals surface area contributed by atoms with Gasteiger partial charge >= 0.3 is 0 Å². The standard InChI is InChI=1S/C41H62Si/c1-26-24-36-32(28-16-20-30(21-17-28)40(3,4)5)12-10-14-34(36)38(26)42(9)39-27(2)25-37-33(13-11-15-35(37)39)29-18-22-31(23-19-29)41(6,7)8/h16-23,26-27,32-39,42H,10-15,24-25H2,1-9H3. The summed E-state index contributed by atoms with van der Waals surface area (Å²) < 4.78 is 0. The monoisotopic (exact) mass is 582 g/mol. The lowest BCUT2D eigenvalue weighted by Crippen LogP contribution is -2.37. The van der Waals surface area contributed by atoms with Gasteiger partial charge in [0.25, 0.3) is 0 Å². The van der Waals surface area contributed by atoms with Crippen LogP contribution in [0.15, 0.2) is 48.5 Å². The summed E-state index contributed by atoms with van der Waals surface area (Å²) in [6.07, 6.45) is 11.8. The Morgan fingerprint density at radius 2 is 0.881 bits per heavy atom. The molecule has 0 nitrogen and oxygen atoms in total. The third-order valence-electron chi connectivity index (χ3n) is 13.5. The molecule has 4 fully saturated rings. The van der Waals surface area contributed by atoms with Crippen LogP contribution in [0, 0.1) is 35.5 Å². The van der Waals surface area contributed by atoms with E-state index in [0.717, 1.165) is 58.4 Å². The van der Waals surface area contributed by atoms with Crippen LogP contribution >= 0.6 is 0 Å². The van der Waals surface area contributed by atoms with Crippen LogP contribution < -0.4 is 0 Å². The van der Waals surface area contributed by atoms with Crippen molar-refractivity contribution >= 4 is 8.80 Å². The molecule has 0 amide bonds. The SMILES string of the molecule is CC1CC2C(c3ccc(C(C)(C)C)cc3)CCCC2C1[SiH](C)C1C(C)CC2C(c3ccc(C(C)(C)C)cc3)CCCC21. The van der Waals surface area contributed by atoms with Crippen LogP contribution in [0.4, 0.5) is 0 Å². The fraction of sp³-hybridized carbons (Fsp3) is 0.707. The van der Waals surface area contributed by atoms with Crippen LogP contribution in [0.2, 0.25) is 17.6 Å². The summed E-state index contributed by atoms with van der Waals surface area (Å²) in [7, 11) is -0.915. The second kappa shape index (κ2) is 11.5. The van der Waals surface area contributed by atoms with Gasteiger partial charge in [-0.05, 0) is 117 Å². The molecule has 2 aromatic rings. The van der Waals surface area contributed by atoms with E-state index < -0.39 is 8.80 Å². The minimum atomic E-state index is -0.915. The number of hydrogen-bond donors (Lipinski definition) is 0. The van der Waals surface area contributed by atoms with E-state index in [9.17, 15) is 0 Å². The average Bonchev–Trinajstić information content (AvgIpc) is 3.47. The highest BCUT2D eigenvalue weighted by molar-refractivity contribution is 6.61. The van der Waals surface area contributed by atoms with Crippen molar-refractivity contribution in [2.75, 3.05) is 0 Å². The molecular formula is C41H62Si. The van der Waals surface area contributed by atoms with Gasteiger partial charge in [0, 0.05) is 8.80 Å². The molecule has 10 atom stereocenters. The lowest BCUT2D eigenvalue weighted by molar-refractivity contribution is 0.228. The minimum absolute atomic E-state index is 0.242. The highest BCUT2D eigenvalue weighted by Gasteiger charge is 2.54. The quantitative estimate of drug-likeness (QED) is 0.315. The summed E-state index contributed by atoms with van der Waals surface area (Å²) >= 11 is 0. The van der Waals surface area contributed by atoms with E-state index in [0.29, 0.717) is 0 Å². The summed E-state index contributed by atoms with van der Waals surface area (Å²) in [4.78, 5) is 0. The van der Waals surface area contributed by atoms with Crippen LogP contribution in [-0.2, 0) is 10.8 Å². The Hall–Kier alpha value is -1.34. The molecule has 2 aromatic carbocycles. The lowest BCUT2D eigenvalue weighted by Gasteiger charge is -2.43. The van der Waals surface area contributed by atoms with Crippen molar-refractivity contribution in [2.24, 2.45) is 35.5 Å². The van der Waals surface area contributed by atoms with Gasteiger partial charge in [0.2, 0.25) is 0 Å². The first kappa shape index (κ1) is 30.7. The maximum absolute atomic E-state index is 2.87. The van der Waals surface area contributed by atoms with Crippen LogP contribution in [0.5, 0.6) is 0 Å². The normalized spacial score (nSPS) is 37.7. The predicted octanol–water partition coefficient (Wildman–Crippen LogP) is 11.7. The third kappa shape index (κ3) is 5.63. The van der Waals surface area contributed by atoms with Crippen molar-refractivity contribution in [1.29, 1.82) is 0 Å². The molecule has 0 radical (unpaired) electrons. The van der Waals surface area contributed by atoms with E-state index in [1.807, 2.05) is 0 Å². The predicted molar refractivity (Wildman–Crippen MR) is 186 cm³/mol. The van der Waals surface area contributed by atoms with E-state index in [2.05, 4.69) is 110 Å². The zero-order chi connectivity index (χ0) is 30.0. The highest BCUT2D eigenvalue weighted by Crippen LogP contribution is 2.64. The molecule has 0 aliphatic heterocycles. The molecule has 0 spiro atoms. The van der Waals surface area contributed by atoms with Gasteiger partial charge in [0.05, 0.1) is 0 Å². The number of rotatable bonds is 4. The summed E-state index contributed by atoms with van der Waals surface area (Å²) in [6.45, 7) is 22.3. The van der Waals surface area contributed by atoms with Crippen molar-refractivity contribution < 1.29 is 0 Å². The van der Waals surface area contributed by atoms with Crippen molar-refractivity contribution in [3.05, 3.63) is 70.8 Å². The molecular weight excluding hydrogens is 521 g/mol. The Morgan fingerprint density at radius 3 is 1.21 bits per heavy atom. The van der Waals surface area contributed by atoms with E-state index in [4.69, 9.17) is 0 Å². The minimum Gasteiger partial charge on any atom is -0.0716 e. The Labute approximate surface area is 261 Å². The summed E-state index contributed by atoms with van der Waals surface area (Å²) in [5.74, 6) is 7.34. The van der Waals surface area contributed by atoms with E-state index in [-0.39, 0.29) is 10.8 Å². The molecule has 0 aromatic heterocycles. The van der Waals surface area contributed by atoms with Crippen LogP contribution in [0.25, 0.3) is 0 Å². The number of benzene rings is 2. The van der Waals surface area contributed by atoms with Crippen molar-refractivity contribution in [2.45, 2.75) is 147 Å². The Morgan fingerprint density at radius 1 is 0.524 bits per heavy atom. The van der Waals surface area contributed by atoms with Crippen molar-refractivity contribution in [3.8, 4) is 0 Å². The molecule has 42 heavy (non-hydrogen) atoms. The van der Waals surface area contributed by atoms with Crippen molar-refractivity contribution in [3.63, 3.8) is 0 Å². The highest BCUT2D eigenvalue weighted by atomic mass is 28.3. The van der Waals surface area contributed by atoms with Gasteiger partial charge in [-0.25, -0.2) is 0 Å². The maximum Gasteiger partial charge on any atom is 0.0410 e. The number of fused-ring (bicyclic) bond motifs is 2. The molecule has 0 saturated heterocycles. The molecule has 4 saturated carbocycles. The molecule has 6 rings (SSSR count). The smallest absolute Gasteiger partial charge is 0.0410 e. The van der Waals surface area contributed by atoms with Crippen LogP contribution in [-0.4, -0.2) is 8.80 Å². The maximum atomic E-state index is 2.87. The first-order chi connectivity index (χ1) is 19.8. The second-order valence-corrected chi connectivity index (χ2v) is 21.2. The first-order valence-corrected chi connectivity index (χ1v) is 20.5. The van der Waals surface area contributed by atoms with E-state index in [1.165, 1.54) is 62.5 Å². The average molecular weight is 583 g/mol. The summed E-state index contributed by atoms with van der Waals surface area (Å²) in [5, 5.41) is 0. The van der Waals surface area contributed by atoms with Gasteiger partial charge in [-0.15, -0.1) is 0 Å². The molecule has 4 aliphatic carbocycles. The fourth-order valence-electron chi connectivity index (χ4n) is 11.6. The Bertz CT molecular complexity index is 1100. The van der Waals surface area contributed by atoms with E-state index >= 15 is 0 Å². The van der Waals surface area contributed by atoms with Gasteiger partial charge < -0.3 is 0 Å². The van der Waals surface area contributed by atoms with Gasteiger partial charge in [-0.1, -0.05) is 136 Å². The van der Waals surface area contributed by atoms with E-state index in [1.54, 1.807) is 11.1 Å².